The van der Waals surface area contributed by atoms with Gasteiger partial charge < -0.3 is 5.32 Å². The van der Waals surface area contributed by atoms with Gasteiger partial charge in [-0.05, 0) is 55.6 Å². The van der Waals surface area contributed by atoms with Crippen molar-refractivity contribution in [3.8, 4) is 0 Å². The van der Waals surface area contributed by atoms with Gasteiger partial charge in [-0.2, -0.15) is 0 Å². The molecule has 1 atom stereocenters. The van der Waals surface area contributed by atoms with Crippen molar-refractivity contribution in [3.63, 3.8) is 0 Å². The van der Waals surface area contributed by atoms with E-state index in [2.05, 4.69) is 31.3 Å². The molecule has 0 spiro atoms. The van der Waals surface area contributed by atoms with Crippen LogP contribution in [0.5, 0.6) is 0 Å². The molecule has 2 rings (SSSR count). The first-order valence-corrected chi connectivity index (χ1v) is 8.05. The molecule has 0 aliphatic carbocycles. The van der Waals surface area contributed by atoms with Gasteiger partial charge in [-0.25, -0.2) is 4.39 Å². The van der Waals surface area contributed by atoms with E-state index in [4.69, 9.17) is 0 Å². The van der Waals surface area contributed by atoms with Gasteiger partial charge in [-0.3, -0.25) is 0 Å². The SMILES string of the molecule is CCCNC(c1ccc(C)c(F)c1)c1ccc(CC)s1. The lowest BCUT2D eigenvalue weighted by Gasteiger charge is -2.18. The summed E-state index contributed by atoms with van der Waals surface area (Å²) in [5.74, 6) is -0.127. The summed E-state index contributed by atoms with van der Waals surface area (Å²) in [7, 11) is 0. The first-order valence-electron chi connectivity index (χ1n) is 7.23. The van der Waals surface area contributed by atoms with Crippen molar-refractivity contribution in [3.05, 3.63) is 57.0 Å². The van der Waals surface area contributed by atoms with Crippen LogP contribution in [0.4, 0.5) is 4.39 Å². The Morgan fingerprint density at radius 3 is 2.60 bits per heavy atom. The van der Waals surface area contributed by atoms with Crippen LogP contribution in [0.2, 0.25) is 0 Å². The van der Waals surface area contributed by atoms with E-state index in [0.29, 0.717) is 5.56 Å². The van der Waals surface area contributed by atoms with Gasteiger partial charge in [0.25, 0.3) is 0 Å². The lowest BCUT2D eigenvalue weighted by molar-refractivity contribution is 0.587. The number of rotatable bonds is 6. The molecule has 0 bridgehead atoms. The van der Waals surface area contributed by atoms with E-state index < -0.39 is 0 Å². The fourth-order valence-electron chi connectivity index (χ4n) is 2.20. The molecule has 108 valence electrons. The first kappa shape index (κ1) is 15.2. The van der Waals surface area contributed by atoms with Crippen LogP contribution in [0.25, 0.3) is 0 Å². The number of hydrogen-bond acceptors (Lipinski definition) is 2. The van der Waals surface area contributed by atoms with Gasteiger partial charge in [0.2, 0.25) is 0 Å². The summed E-state index contributed by atoms with van der Waals surface area (Å²) >= 11 is 1.81. The summed E-state index contributed by atoms with van der Waals surface area (Å²) in [4.78, 5) is 2.63. The molecule has 0 aliphatic rings. The van der Waals surface area contributed by atoms with Crippen LogP contribution < -0.4 is 5.32 Å². The molecule has 0 aliphatic heterocycles. The maximum absolute atomic E-state index is 13.8. The molecular formula is C17H22FNS. The zero-order valence-corrected chi connectivity index (χ0v) is 13.2. The Hall–Kier alpha value is -1.19. The van der Waals surface area contributed by atoms with Crippen molar-refractivity contribution in [1.82, 2.24) is 5.32 Å². The molecule has 0 radical (unpaired) electrons. The smallest absolute Gasteiger partial charge is 0.126 e. The van der Waals surface area contributed by atoms with Gasteiger partial charge >= 0.3 is 0 Å². The summed E-state index contributed by atoms with van der Waals surface area (Å²) in [5, 5.41) is 3.53. The minimum atomic E-state index is -0.127. The molecule has 1 unspecified atom stereocenters. The van der Waals surface area contributed by atoms with E-state index in [1.807, 2.05) is 23.5 Å². The van der Waals surface area contributed by atoms with Crippen LogP contribution in [0.3, 0.4) is 0 Å². The van der Waals surface area contributed by atoms with Gasteiger partial charge in [0, 0.05) is 9.75 Å². The standard InChI is InChI=1S/C17H22FNS/c1-4-10-19-17(16-9-8-14(5-2)20-16)13-7-6-12(3)15(18)11-13/h6-9,11,17,19H,4-5,10H2,1-3H3. The minimum Gasteiger partial charge on any atom is -0.306 e. The van der Waals surface area contributed by atoms with Crippen LogP contribution in [0.15, 0.2) is 30.3 Å². The summed E-state index contributed by atoms with van der Waals surface area (Å²) in [6, 6.07) is 9.97. The maximum Gasteiger partial charge on any atom is 0.126 e. The van der Waals surface area contributed by atoms with Crippen molar-refractivity contribution in [2.24, 2.45) is 0 Å². The Morgan fingerprint density at radius 1 is 1.20 bits per heavy atom. The molecule has 0 saturated heterocycles. The first-order chi connectivity index (χ1) is 9.65. The summed E-state index contributed by atoms with van der Waals surface area (Å²) < 4.78 is 13.8. The fourth-order valence-corrected chi connectivity index (χ4v) is 3.26. The summed E-state index contributed by atoms with van der Waals surface area (Å²) in [6.45, 7) is 7.04. The van der Waals surface area contributed by atoms with Gasteiger partial charge in [0.1, 0.15) is 5.82 Å². The number of aryl methyl sites for hydroxylation is 2. The van der Waals surface area contributed by atoms with Gasteiger partial charge in [0.05, 0.1) is 6.04 Å². The van der Waals surface area contributed by atoms with E-state index in [-0.39, 0.29) is 11.9 Å². The zero-order valence-electron chi connectivity index (χ0n) is 12.4. The highest BCUT2D eigenvalue weighted by atomic mass is 32.1. The number of nitrogens with one attached hydrogen (secondary N) is 1. The normalized spacial score (nSPS) is 12.6. The van der Waals surface area contributed by atoms with Crippen LogP contribution in [0.1, 0.15) is 47.2 Å². The molecule has 1 nitrogen and oxygen atoms in total. The quantitative estimate of drug-likeness (QED) is 0.802. The average molecular weight is 291 g/mol. The van der Waals surface area contributed by atoms with Crippen LogP contribution in [-0.4, -0.2) is 6.54 Å². The third kappa shape index (κ3) is 3.47. The molecular weight excluding hydrogens is 269 g/mol. The van der Waals surface area contributed by atoms with E-state index in [9.17, 15) is 4.39 Å². The van der Waals surface area contributed by atoms with Crippen molar-refractivity contribution >= 4 is 11.3 Å². The maximum atomic E-state index is 13.8. The molecule has 0 amide bonds. The predicted molar refractivity (Wildman–Crippen MR) is 85.0 cm³/mol. The number of halogens is 1. The zero-order chi connectivity index (χ0) is 14.5. The lowest BCUT2D eigenvalue weighted by atomic mass is 10.0. The topological polar surface area (TPSA) is 12.0 Å². The van der Waals surface area contributed by atoms with E-state index in [0.717, 1.165) is 24.9 Å². The van der Waals surface area contributed by atoms with Crippen LogP contribution >= 0.6 is 11.3 Å². The molecule has 1 aromatic heterocycles. The number of benzene rings is 1. The molecule has 1 aromatic carbocycles. The Kier molecular flexibility index (Phi) is 5.32. The molecule has 1 heterocycles. The highest BCUT2D eigenvalue weighted by Crippen LogP contribution is 2.29. The van der Waals surface area contributed by atoms with Crippen LogP contribution in [0, 0.1) is 12.7 Å². The molecule has 20 heavy (non-hydrogen) atoms. The third-order valence-electron chi connectivity index (χ3n) is 3.44. The molecule has 0 fully saturated rings. The second kappa shape index (κ2) is 7.00. The van der Waals surface area contributed by atoms with Gasteiger partial charge in [-0.1, -0.05) is 26.0 Å². The van der Waals surface area contributed by atoms with E-state index >= 15 is 0 Å². The van der Waals surface area contributed by atoms with E-state index in [1.165, 1.54) is 9.75 Å². The lowest BCUT2D eigenvalue weighted by Crippen LogP contribution is -2.22. The highest BCUT2D eigenvalue weighted by Gasteiger charge is 2.16. The Balaban J connectivity index is 2.32. The third-order valence-corrected chi connectivity index (χ3v) is 4.74. The van der Waals surface area contributed by atoms with Crippen molar-refractivity contribution in [2.45, 2.75) is 39.7 Å². The minimum absolute atomic E-state index is 0.0929. The van der Waals surface area contributed by atoms with Crippen molar-refractivity contribution < 1.29 is 4.39 Å². The van der Waals surface area contributed by atoms with Crippen molar-refractivity contribution in [2.75, 3.05) is 6.54 Å². The van der Waals surface area contributed by atoms with Gasteiger partial charge in [-0.15, -0.1) is 11.3 Å². The van der Waals surface area contributed by atoms with E-state index in [1.54, 1.807) is 13.0 Å². The Morgan fingerprint density at radius 2 is 2.00 bits per heavy atom. The summed E-state index contributed by atoms with van der Waals surface area (Å²) in [6.07, 6.45) is 2.12. The molecule has 0 saturated carbocycles. The van der Waals surface area contributed by atoms with Gasteiger partial charge in [0.15, 0.2) is 0 Å². The molecule has 1 N–H and O–H groups in total. The average Bonchev–Trinajstić information content (AvgIpc) is 2.92. The highest BCUT2D eigenvalue weighted by molar-refractivity contribution is 7.12. The largest absolute Gasteiger partial charge is 0.306 e. The number of thiophene rings is 1. The fraction of sp³-hybridized carbons (Fsp3) is 0.412. The van der Waals surface area contributed by atoms with Crippen molar-refractivity contribution in [1.29, 1.82) is 0 Å². The second-order valence-corrected chi connectivity index (χ2v) is 6.25. The Bertz CT molecular complexity index is 562. The summed E-state index contributed by atoms with van der Waals surface area (Å²) in [5.41, 5.74) is 1.70. The Labute approximate surface area is 124 Å². The number of hydrogen-bond donors (Lipinski definition) is 1. The monoisotopic (exact) mass is 291 g/mol. The second-order valence-electron chi connectivity index (χ2n) is 5.05. The molecule has 2 aromatic rings. The predicted octanol–water partition coefficient (Wildman–Crippen LogP) is 4.85. The molecule has 3 heteroatoms. The van der Waals surface area contributed by atoms with Crippen LogP contribution in [-0.2, 0) is 6.42 Å².